The van der Waals surface area contributed by atoms with Crippen molar-refractivity contribution in [3.63, 3.8) is 0 Å². The Morgan fingerprint density at radius 1 is 0.600 bits per heavy atom. The highest BCUT2D eigenvalue weighted by Gasteiger charge is 2.01. The van der Waals surface area contributed by atoms with Crippen molar-refractivity contribution >= 4 is 0 Å². The van der Waals surface area contributed by atoms with Crippen molar-refractivity contribution in [2.24, 2.45) is 0 Å². The Balaban J connectivity index is 1.76. The summed E-state index contributed by atoms with van der Waals surface area (Å²) < 4.78 is 11.5. The van der Waals surface area contributed by atoms with Gasteiger partial charge in [-0.05, 0) is 30.3 Å². The molecule has 0 saturated heterocycles. The molecule has 2 heteroatoms. The second-order valence-corrected chi connectivity index (χ2v) is 4.22. The molecule has 0 unspecified atom stereocenters. The van der Waals surface area contributed by atoms with Gasteiger partial charge >= 0.3 is 0 Å². The van der Waals surface area contributed by atoms with Crippen LogP contribution in [0.2, 0.25) is 0 Å². The standard InChI is InChI=1S/C18H13O2/c1-3-8-15(9-4-1)19-17-12-7-13-18(14-17)20-16-10-5-2-6-11-16/h1-10,12-14H. The predicted octanol–water partition coefficient (Wildman–Crippen LogP) is 5.07. The second kappa shape index (κ2) is 5.93. The summed E-state index contributed by atoms with van der Waals surface area (Å²) in [5, 5.41) is 0. The first kappa shape index (κ1) is 12.3. The Labute approximate surface area is 118 Å². The summed E-state index contributed by atoms with van der Waals surface area (Å²) in [6, 6.07) is 27.7. The van der Waals surface area contributed by atoms with Crippen molar-refractivity contribution in [2.75, 3.05) is 0 Å². The summed E-state index contributed by atoms with van der Waals surface area (Å²) in [7, 11) is 0. The molecule has 0 aromatic heterocycles. The molecule has 97 valence electrons. The van der Waals surface area contributed by atoms with E-state index in [-0.39, 0.29) is 0 Å². The van der Waals surface area contributed by atoms with Gasteiger partial charge in [0.1, 0.15) is 23.0 Å². The van der Waals surface area contributed by atoms with Gasteiger partial charge in [0, 0.05) is 12.1 Å². The summed E-state index contributed by atoms with van der Waals surface area (Å²) in [5.74, 6) is 2.95. The Morgan fingerprint density at radius 3 is 2.05 bits per heavy atom. The van der Waals surface area contributed by atoms with Crippen molar-refractivity contribution in [1.82, 2.24) is 0 Å². The van der Waals surface area contributed by atoms with Crippen LogP contribution in [0.25, 0.3) is 0 Å². The zero-order valence-corrected chi connectivity index (χ0v) is 10.8. The zero-order chi connectivity index (χ0) is 13.6. The minimum atomic E-state index is 0.685. The van der Waals surface area contributed by atoms with Crippen LogP contribution in [-0.4, -0.2) is 0 Å². The molecular formula is C18H13O2. The Hall–Kier alpha value is -2.74. The normalized spacial score (nSPS) is 10.0. The lowest BCUT2D eigenvalue weighted by molar-refractivity contribution is 0.460. The highest BCUT2D eigenvalue weighted by atomic mass is 16.5. The first-order valence-corrected chi connectivity index (χ1v) is 6.38. The van der Waals surface area contributed by atoms with E-state index >= 15 is 0 Å². The Kier molecular flexibility index (Phi) is 3.65. The number of rotatable bonds is 4. The summed E-state index contributed by atoms with van der Waals surface area (Å²) in [6.45, 7) is 0. The fourth-order valence-corrected chi connectivity index (χ4v) is 1.79. The topological polar surface area (TPSA) is 18.5 Å². The summed E-state index contributed by atoms with van der Waals surface area (Å²) in [5.41, 5.74) is 0. The van der Waals surface area contributed by atoms with Crippen molar-refractivity contribution < 1.29 is 9.47 Å². The molecule has 2 nitrogen and oxygen atoms in total. The average Bonchev–Trinajstić information content (AvgIpc) is 2.50. The third-order valence-corrected chi connectivity index (χ3v) is 2.69. The number of ether oxygens (including phenoxy) is 2. The number of para-hydroxylation sites is 2. The molecular weight excluding hydrogens is 248 g/mol. The van der Waals surface area contributed by atoms with Crippen LogP contribution in [0.1, 0.15) is 0 Å². The maximum absolute atomic E-state index is 5.77. The third kappa shape index (κ3) is 3.18. The van der Waals surface area contributed by atoms with E-state index in [4.69, 9.17) is 9.47 Å². The molecule has 0 spiro atoms. The largest absolute Gasteiger partial charge is 0.457 e. The van der Waals surface area contributed by atoms with Gasteiger partial charge in [-0.25, -0.2) is 0 Å². The molecule has 0 heterocycles. The van der Waals surface area contributed by atoms with Gasteiger partial charge < -0.3 is 9.47 Å². The molecule has 0 saturated carbocycles. The van der Waals surface area contributed by atoms with E-state index in [2.05, 4.69) is 6.07 Å². The fraction of sp³-hybridized carbons (Fsp3) is 0. The van der Waals surface area contributed by atoms with E-state index in [0.29, 0.717) is 5.75 Å². The maximum atomic E-state index is 5.77. The van der Waals surface area contributed by atoms with Gasteiger partial charge in [0.15, 0.2) is 0 Å². The van der Waals surface area contributed by atoms with E-state index in [1.807, 2.05) is 78.9 Å². The van der Waals surface area contributed by atoms with Gasteiger partial charge in [-0.15, -0.1) is 0 Å². The molecule has 0 atom stereocenters. The molecule has 0 fully saturated rings. The minimum absolute atomic E-state index is 0.685. The summed E-state index contributed by atoms with van der Waals surface area (Å²) >= 11 is 0. The van der Waals surface area contributed by atoms with Gasteiger partial charge in [-0.3, -0.25) is 0 Å². The van der Waals surface area contributed by atoms with Crippen LogP contribution in [-0.2, 0) is 0 Å². The number of hydrogen-bond acceptors (Lipinski definition) is 2. The molecule has 3 aromatic carbocycles. The smallest absolute Gasteiger partial charge is 0.135 e. The van der Waals surface area contributed by atoms with E-state index < -0.39 is 0 Å². The van der Waals surface area contributed by atoms with Crippen LogP contribution < -0.4 is 9.47 Å². The summed E-state index contributed by atoms with van der Waals surface area (Å²) in [4.78, 5) is 0. The number of hydrogen-bond donors (Lipinski definition) is 0. The molecule has 0 N–H and O–H groups in total. The predicted molar refractivity (Wildman–Crippen MR) is 78.3 cm³/mol. The molecule has 0 amide bonds. The molecule has 3 rings (SSSR count). The molecule has 0 aliphatic rings. The first-order chi connectivity index (χ1) is 9.90. The van der Waals surface area contributed by atoms with Crippen LogP contribution in [0.3, 0.4) is 0 Å². The van der Waals surface area contributed by atoms with Crippen LogP contribution >= 0.6 is 0 Å². The van der Waals surface area contributed by atoms with Crippen LogP contribution in [0.5, 0.6) is 23.0 Å². The monoisotopic (exact) mass is 261 g/mol. The molecule has 1 radical (unpaired) electrons. The molecule has 0 bridgehead atoms. The quantitative estimate of drug-likeness (QED) is 0.652. The van der Waals surface area contributed by atoms with Gasteiger partial charge in [0.25, 0.3) is 0 Å². The highest BCUT2D eigenvalue weighted by molar-refractivity contribution is 5.38. The van der Waals surface area contributed by atoms with E-state index in [1.54, 1.807) is 0 Å². The van der Waals surface area contributed by atoms with Gasteiger partial charge in [0.05, 0.1) is 0 Å². The first-order valence-electron chi connectivity index (χ1n) is 6.38. The van der Waals surface area contributed by atoms with Crippen LogP contribution in [0.4, 0.5) is 0 Å². The van der Waals surface area contributed by atoms with E-state index in [9.17, 15) is 0 Å². The maximum Gasteiger partial charge on any atom is 0.135 e. The average molecular weight is 261 g/mol. The fourth-order valence-electron chi connectivity index (χ4n) is 1.79. The lowest BCUT2D eigenvalue weighted by Crippen LogP contribution is -1.86. The van der Waals surface area contributed by atoms with Crippen molar-refractivity contribution in [3.8, 4) is 23.0 Å². The van der Waals surface area contributed by atoms with Crippen LogP contribution in [0, 0.1) is 6.07 Å². The highest BCUT2D eigenvalue weighted by Crippen LogP contribution is 2.27. The SMILES string of the molecule is [c]1ccccc1Oc1cccc(Oc2ccccc2)c1. The number of benzene rings is 3. The minimum Gasteiger partial charge on any atom is -0.457 e. The van der Waals surface area contributed by atoms with E-state index in [0.717, 1.165) is 17.2 Å². The Morgan fingerprint density at radius 2 is 1.30 bits per heavy atom. The summed E-state index contributed by atoms with van der Waals surface area (Å²) in [6.07, 6.45) is 0. The van der Waals surface area contributed by atoms with Gasteiger partial charge in [0.2, 0.25) is 0 Å². The van der Waals surface area contributed by atoms with Crippen molar-refractivity contribution in [2.45, 2.75) is 0 Å². The third-order valence-electron chi connectivity index (χ3n) is 2.69. The van der Waals surface area contributed by atoms with Gasteiger partial charge in [-0.1, -0.05) is 42.5 Å². The lowest BCUT2D eigenvalue weighted by Gasteiger charge is -2.08. The van der Waals surface area contributed by atoms with Crippen molar-refractivity contribution in [1.29, 1.82) is 0 Å². The second-order valence-electron chi connectivity index (χ2n) is 4.22. The van der Waals surface area contributed by atoms with E-state index in [1.165, 1.54) is 0 Å². The molecule has 3 aromatic rings. The lowest BCUT2D eigenvalue weighted by atomic mass is 10.3. The Bertz CT molecular complexity index is 607. The molecule has 0 aliphatic heterocycles. The van der Waals surface area contributed by atoms with Crippen molar-refractivity contribution in [3.05, 3.63) is 84.9 Å². The molecule has 20 heavy (non-hydrogen) atoms. The van der Waals surface area contributed by atoms with Crippen LogP contribution in [0.15, 0.2) is 78.9 Å². The molecule has 0 aliphatic carbocycles. The zero-order valence-electron chi connectivity index (χ0n) is 10.8. The van der Waals surface area contributed by atoms with Gasteiger partial charge in [-0.2, -0.15) is 0 Å².